The number of carbonyl (C=O) groups is 1. The summed E-state index contributed by atoms with van der Waals surface area (Å²) in [6.07, 6.45) is 0.830. The number of halogens is 1. The van der Waals surface area contributed by atoms with Gasteiger partial charge in [-0.2, -0.15) is 0 Å². The second-order valence-corrected chi connectivity index (χ2v) is 6.52. The maximum atomic E-state index is 12.4. The molecule has 1 amide bonds. The van der Waals surface area contributed by atoms with E-state index in [0.29, 0.717) is 23.8 Å². The molecule has 0 aliphatic carbocycles. The lowest BCUT2D eigenvalue weighted by molar-refractivity contribution is 0.0897. The lowest BCUT2D eigenvalue weighted by Gasteiger charge is -2.31. The van der Waals surface area contributed by atoms with E-state index in [9.17, 15) is 4.79 Å². The van der Waals surface area contributed by atoms with Gasteiger partial charge in [0.15, 0.2) is 0 Å². The van der Waals surface area contributed by atoms with Gasteiger partial charge in [0.25, 0.3) is 5.91 Å². The van der Waals surface area contributed by atoms with Crippen molar-refractivity contribution in [1.82, 2.24) is 5.32 Å². The average molecular weight is 343 g/mol. The molecule has 1 aromatic rings. The van der Waals surface area contributed by atoms with Crippen molar-refractivity contribution >= 4 is 21.8 Å². The summed E-state index contributed by atoms with van der Waals surface area (Å²) >= 11 is 3.39. The Balaban J connectivity index is 2.94. The molecule has 0 aliphatic rings. The van der Waals surface area contributed by atoms with E-state index < -0.39 is 5.54 Å². The lowest BCUT2D eigenvalue weighted by Crippen LogP contribution is -2.52. The topological polar surface area (TPSA) is 64.3 Å². The van der Waals surface area contributed by atoms with Gasteiger partial charge < -0.3 is 15.8 Å². The monoisotopic (exact) mass is 342 g/mol. The summed E-state index contributed by atoms with van der Waals surface area (Å²) in [5, 5.41) is 3.03. The molecule has 1 unspecified atom stereocenters. The van der Waals surface area contributed by atoms with E-state index in [2.05, 4.69) is 35.1 Å². The minimum Gasteiger partial charge on any atom is -0.497 e. The van der Waals surface area contributed by atoms with Crippen molar-refractivity contribution in [3.8, 4) is 5.75 Å². The van der Waals surface area contributed by atoms with Gasteiger partial charge in [-0.3, -0.25) is 4.79 Å². The Hall–Kier alpha value is -1.07. The van der Waals surface area contributed by atoms with Crippen LogP contribution in [0.15, 0.2) is 22.7 Å². The first kappa shape index (κ1) is 17.0. The molecule has 0 fully saturated rings. The van der Waals surface area contributed by atoms with E-state index in [-0.39, 0.29) is 5.91 Å². The molecule has 0 radical (unpaired) electrons. The molecular weight excluding hydrogens is 320 g/mol. The Morgan fingerprint density at radius 2 is 2.15 bits per heavy atom. The SMILES string of the molecule is COc1ccc(Br)c(C(=O)NC(C)(CN)CC(C)C)c1. The maximum absolute atomic E-state index is 12.4. The Morgan fingerprint density at radius 1 is 1.50 bits per heavy atom. The zero-order valence-electron chi connectivity index (χ0n) is 12.5. The molecule has 20 heavy (non-hydrogen) atoms. The second-order valence-electron chi connectivity index (χ2n) is 5.66. The third kappa shape index (κ3) is 4.49. The van der Waals surface area contributed by atoms with Crippen molar-refractivity contribution in [1.29, 1.82) is 0 Å². The number of benzene rings is 1. The van der Waals surface area contributed by atoms with E-state index in [0.717, 1.165) is 10.9 Å². The van der Waals surface area contributed by atoms with Crippen LogP contribution in [-0.4, -0.2) is 25.1 Å². The number of rotatable bonds is 6. The number of hydrogen-bond donors (Lipinski definition) is 2. The first-order valence-electron chi connectivity index (χ1n) is 6.67. The number of hydrogen-bond acceptors (Lipinski definition) is 3. The summed E-state index contributed by atoms with van der Waals surface area (Å²) in [4.78, 5) is 12.4. The summed E-state index contributed by atoms with van der Waals surface area (Å²) in [7, 11) is 1.58. The van der Waals surface area contributed by atoms with Gasteiger partial charge in [-0.15, -0.1) is 0 Å². The van der Waals surface area contributed by atoms with Crippen LogP contribution >= 0.6 is 15.9 Å². The average Bonchev–Trinajstić information content (AvgIpc) is 2.38. The first-order chi connectivity index (χ1) is 9.31. The maximum Gasteiger partial charge on any atom is 0.253 e. The van der Waals surface area contributed by atoms with Gasteiger partial charge in [0.05, 0.1) is 12.7 Å². The number of nitrogens with one attached hydrogen (secondary N) is 1. The fourth-order valence-electron chi connectivity index (χ4n) is 2.23. The lowest BCUT2D eigenvalue weighted by atomic mass is 9.90. The minimum atomic E-state index is -0.409. The van der Waals surface area contributed by atoms with Crippen LogP contribution in [0.5, 0.6) is 5.75 Å². The molecule has 0 aromatic heterocycles. The van der Waals surface area contributed by atoms with Gasteiger partial charge >= 0.3 is 0 Å². The highest BCUT2D eigenvalue weighted by Gasteiger charge is 2.27. The van der Waals surface area contributed by atoms with Gasteiger partial charge in [-0.1, -0.05) is 13.8 Å². The number of methoxy groups -OCH3 is 1. The molecule has 1 rings (SSSR count). The smallest absolute Gasteiger partial charge is 0.253 e. The van der Waals surface area contributed by atoms with E-state index in [1.807, 2.05) is 6.92 Å². The molecule has 1 atom stereocenters. The predicted molar refractivity (Wildman–Crippen MR) is 85.1 cm³/mol. The highest BCUT2D eigenvalue weighted by Crippen LogP contribution is 2.24. The van der Waals surface area contributed by atoms with Crippen molar-refractivity contribution in [2.24, 2.45) is 11.7 Å². The van der Waals surface area contributed by atoms with E-state index >= 15 is 0 Å². The summed E-state index contributed by atoms with van der Waals surface area (Å²) in [6, 6.07) is 5.32. The van der Waals surface area contributed by atoms with E-state index in [1.54, 1.807) is 25.3 Å². The third-order valence-corrected chi connectivity index (χ3v) is 3.83. The molecule has 3 N–H and O–H groups in total. The van der Waals surface area contributed by atoms with Crippen LogP contribution in [0.2, 0.25) is 0 Å². The second kappa shape index (κ2) is 7.09. The Morgan fingerprint density at radius 3 is 2.65 bits per heavy atom. The zero-order chi connectivity index (χ0) is 15.3. The van der Waals surface area contributed by atoms with Crippen LogP contribution in [0, 0.1) is 5.92 Å². The Kier molecular flexibility index (Phi) is 6.02. The molecule has 0 saturated heterocycles. The van der Waals surface area contributed by atoms with Crippen LogP contribution < -0.4 is 15.8 Å². The minimum absolute atomic E-state index is 0.149. The third-order valence-electron chi connectivity index (χ3n) is 3.14. The predicted octanol–water partition coefficient (Wildman–Crippen LogP) is 2.95. The fourth-order valence-corrected chi connectivity index (χ4v) is 2.66. The number of nitrogens with two attached hydrogens (primary N) is 1. The molecule has 0 heterocycles. The van der Waals surface area contributed by atoms with Gasteiger partial charge in [0, 0.05) is 16.6 Å². The van der Waals surface area contributed by atoms with Crippen molar-refractivity contribution in [3.63, 3.8) is 0 Å². The number of amides is 1. The molecule has 112 valence electrons. The van der Waals surface area contributed by atoms with Crippen molar-refractivity contribution in [3.05, 3.63) is 28.2 Å². The first-order valence-corrected chi connectivity index (χ1v) is 7.46. The normalized spacial score (nSPS) is 13.9. The number of ether oxygens (including phenoxy) is 1. The van der Waals surface area contributed by atoms with Crippen LogP contribution in [-0.2, 0) is 0 Å². The molecule has 0 bridgehead atoms. The standard InChI is InChI=1S/C15H23BrN2O2/c1-10(2)8-15(3,9-17)18-14(19)12-7-11(20-4)5-6-13(12)16/h5-7,10H,8-9,17H2,1-4H3,(H,18,19). The molecule has 5 heteroatoms. The summed E-state index contributed by atoms with van der Waals surface area (Å²) in [6.45, 7) is 6.60. The molecular formula is C15H23BrN2O2. The van der Waals surface area contributed by atoms with Crippen LogP contribution in [0.1, 0.15) is 37.6 Å². The molecule has 0 spiro atoms. The molecule has 0 saturated carbocycles. The van der Waals surface area contributed by atoms with E-state index in [4.69, 9.17) is 10.5 Å². The summed E-state index contributed by atoms with van der Waals surface area (Å²) < 4.78 is 5.89. The van der Waals surface area contributed by atoms with Crippen LogP contribution in [0.25, 0.3) is 0 Å². The quantitative estimate of drug-likeness (QED) is 0.835. The van der Waals surface area contributed by atoms with Gasteiger partial charge in [-0.05, 0) is 53.4 Å². The van der Waals surface area contributed by atoms with E-state index in [1.165, 1.54) is 0 Å². The molecule has 1 aromatic carbocycles. The van der Waals surface area contributed by atoms with Crippen molar-refractivity contribution < 1.29 is 9.53 Å². The van der Waals surface area contributed by atoms with Crippen LogP contribution in [0.4, 0.5) is 0 Å². The molecule has 4 nitrogen and oxygen atoms in total. The van der Waals surface area contributed by atoms with Gasteiger partial charge in [-0.25, -0.2) is 0 Å². The number of carbonyl (C=O) groups excluding carboxylic acids is 1. The largest absolute Gasteiger partial charge is 0.497 e. The van der Waals surface area contributed by atoms with Crippen molar-refractivity contribution in [2.75, 3.05) is 13.7 Å². The van der Waals surface area contributed by atoms with Gasteiger partial charge in [0.2, 0.25) is 0 Å². The summed E-state index contributed by atoms with van der Waals surface area (Å²) in [5.74, 6) is 0.957. The fraction of sp³-hybridized carbons (Fsp3) is 0.533. The zero-order valence-corrected chi connectivity index (χ0v) is 14.1. The van der Waals surface area contributed by atoms with Crippen molar-refractivity contribution in [2.45, 2.75) is 32.7 Å². The highest BCUT2D eigenvalue weighted by molar-refractivity contribution is 9.10. The Bertz CT molecular complexity index is 477. The summed E-state index contributed by atoms with van der Waals surface area (Å²) in [5.41, 5.74) is 5.96. The highest BCUT2D eigenvalue weighted by atomic mass is 79.9. The van der Waals surface area contributed by atoms with Gasteiger partial charge in [0.1, 0.15) is 5.75 Å². The molecule has 0 aliphatic heterocycles. The Labute approximate surface area is 129 Å². The van der Waals surface area contributed by atoms with Crippen LogP contribution in [0.3, 0.4) is 0 Å².